The van der Waals surface area contributed by atoms with Crippen molar-refractivity contribution in [3.8, 4) is 11.5 Å². The van der Waals surface area contributed by atoms with Crippen LogP contribution in [0.4, 0.5) is 6.01 Å². The molecule has 0 aliphatic heterocycles. The first-order chi connectivity index (χ1) is 17.0. The zero-order chi connectivity index (χ0) is 24.6. The number of anilines is 1. The van der Waals surface area contributed by atoms with E-state index in [4.69, 9.17) is 18.6 Å². The van der Waals surface area contributed by atoms with Gasteiger partial charge in [0.2, 0.25) is 0 Å². The number of rotatable bonds is 11. The molecule has 1 atom stereocenters. The molecule has 0 amide bonds. The summed E-state index contributed by atoms with van der Waals surface area (Å²) in [4.78, 5) is 18.9. The number of aromatic nitrogens is 1. The normalized spacial score (nSPS) is 11.7. The van der Waals surface area contributed by atoms with Crippen molar-refractivity contribution in [1.82, 2.24) is 4.98 Å². The van der Waals surface area contributed by atoms with Gasteiger partial charge >= 0.3 is 5.97 Å². The van der Waals surface area contributed by atoms with Gasteiger partial charge in [0.25, 0.3) is 6.01 Å². The molecule has 0 fully saturated rings. The zero-order valence-electron chi connectivity index (χ0n) is 20.3. The van der Waals surface area contributed by atoms with Crippen molar-refractivity contribution in [3.05, 3.63) is 83.9 Å². The summed E-state index contributed by atoms with van der Waals surface area (Å²) < 4.78 is 22.8. The summed E-state index contributed by atoms with van der Waals surface area (Å²) in [6.45, 7) is 5.18. The van der Waals surface area contributed by atoms with E-state index >= 15 is 0 Å². The number of carbonyl (C=O) groups is 1. The van der Waals surface area contributed by atoms with Gasteiger partial charge < -0.3 is 23.5 Å². The molecule has 0 aliphatic rings. The van der Waals surface area contributed by atoms with E-state index in [1.807, 2.05) is 91.7 Å². The Morgan fingerprint density at radius 3 is 2.43 bits per heavy atom. The molecule has 7 nitrogen and oxygen atoms in total. The third kappa shape index (κ3) is 6.53. The van der Waals surface area contributed by atoms with Gasteiger partial charge in [-0.15, -0.1) is 0 Å². The molecular weight excluding hydrogens is 444 g/mol. The fourth-order valence-electron chi connectivity index (χ4n) is 3.54. The second-order valence-corrected chi connectivity index (χ2v) is 8.25. The minimum absolute atomic E-state index is 0.303. The number of para-hydroxylation sites is 2. The Morgan fingerprint density at radius 1 is 1.00 bits per heavy atom. The van der Waals surface area contributed by atoms with Crippen LogP contribution in [0.15, 0.2) is 77.2 Å². The summed E-state index contributed by atoms with van der Waals surface area (Å²) in [5.74, 6) is 0.999. The number of benzene rings is 3. The van der Waals surface area contributed by atoms with E-state index in [0.29, 0.717) is 37.9 Å². The van der Waals surface area contributed by atoms with Gasteiger partial charge in [0.05, 0.1) is 13.2 Å². The van der Waals surface area contributed by atoms with E-state index in [9.17, 15) is 4.79 Å². The Hall–Kier alpha value is -4.00. The predicted octanol–water partition coefficient (Wildman–Crippen LogP) is 5.20. The SMILES string of the molecule is CCOC(=O)C(Cc1ccc(OCCN(C)c2nc3ccccc3o2)cc1)Oc1ccc(C)cc1. The monoisotopic (exact) mass is 474 g/mol. The fourth-order valence-corrected chi connectivity index (χ4v) is 3.54. The number of carbonyl (C=O) groups excluding carboxylic acids is 1. The van der Waals surface area contributed by atoms with Crippen molar-refractivity contribution < 1.29 is 23.4 Å². The number of hydrogen-bond acceptors (Lipinski definition) is 7. The number of fused-ring (bicyclic) bond motifs is 1. The minimum atomic E-state index is -0.727. The maximum atomic E-state index is 12.5. The van der Waals surface area contributed by atoms with Crippen LogP contribution < -0.4 is 14.4 Å². The molecule has 0 saturated heterocycles. The van der Waals surface area contributed by atoms with Crippen molar-refractivity contribution in [2.24, 2.45) is 0 Å². The van der Waals surface area contributed by atoms with Crippen LogP contribution >= 0.6 is 0 Å². The smallest absolute Gasteiger partial charge is 0.347 e. The molecule has 35 heavy (non-hydrogen) atoms. The summed E-state index contributed by atoms with van der Waals surface area (Å²) in [5.41, 5.74) is 3.67. The van der Waals surface area contributed by atoms with Gasteiger partial charge in [-0.1, -0.05) is 42.0 Å². The van der Waals surface area contributed by atoms with Crippen LogP contribution in [0.3, 0.4) is 0 Å². The highest BCUT2D eigenvalue weighted by molar-refractivity contribution is 5.75. The zero-order valence-corrected chi connectivity index (χ0v) is 20.3. The highest BCUT2D eigenvalue weighted by atomic mass is 16.6. The number of likely N-dealkylation sites (N-methyl/N-ethyl adjacent to an activating group) is 1. The maximum absolute atomic E-state index is 12.5. The summed E-state index contributed by atoms with van der Waals surface area (Å²) in [6.07, 6.45) is -0.331. The first-order valence-corrected chi connectivity index (χ1v) is 11.7. The van der Waals surface area contributed by atoms with Crippen LogP contribution in [0, 0.1) is 6.92 Å². The summed E-state index contributed by atoms with van der Waals surface area (Å²) in [6, 6.07) is 23.5. The highest BCUT2D eigenvalue weighted by Gasteiger charge is 2.22. The fraction of sp³-hybridized carbons (Fsp3) is 0.286. The molecule has 4 aromatic rings. The molecule has 0 aliphatic carbocycles. The Balaban J connectivity index is 1.31. The lowest BCUT2D eigenvalue weighted by Crippen LogP contribution is -2.31. The Morgan fingerprint density at radius 2 is 1.71 bits per heavy atom. The maximum Gasteiger partial charge on any atom is 0.347 e. The molecule has 0 saturated carbocycles. The lowest BCUT2D eigenvalue weighted by atomic mass is 10.1. The number of ether oxygens (including phenoxy) is 3. The average Bonchev–Trinajstić information content (AvgIpc) is 3.31. The first-order valence-electron chi connectivity index (χ1n) is 11.7. The molecule has 1 unspecified atom stereocenters. The molecule has 182 valence electrons. The standard InChI is InChI=1S/C28H30N2O5/c1-4-32-27(31)26(34-23-13-9-20(2)10-14-23)19-21-11-15-22(16-12-21)33-18-17-30(3)28-29-24-7-5-6-8-25(24)35-28/h5-16,26H,4,17-19H2,1-3H3. The number of nitrogens with zero attached hydrogens (tertiary/aromatic N) is 2. The van der Waals surface area contributed by atoms with Crippen LogP contribution in [0.25, 0.3) is 11.1 Å². The van der Waals surface area contributed by atoms with Crippen LogP contribution in [-0.4, -0.2) is 43.9 Å². The lowest BCUT2D eigenvalue weighted by Gasteiger charge is -2.18. The molecule has 1 heterocycles. The van der Waals surface area contributed by atoms with E-state index < -0.39 is 6.10 Å². The highest BCUT2D eigenvalue weighted by Crippen LogP contribution is 2.21. The molecule has 0 N–H and O–H groups in total. The van der Waals surface area contributed by atoms with Gasteiger partial charge in [0.15, 0.2) is 11.7 Å². The van der Waals surface area contributed by atoms with Crippen LogP contribution in [0.5, 0.6) is 11.5 Å². The van der Waals surface area contributed by atoms with E-state index in [0.717, 1.165) is 28.0 Å². The third-order valence-corrected chi connectivity index (χ3v) is 5.50. The number of aryl methyl sites for hydroxylation is 1. The minimum Gasteiger partial charge on any atom is -0.492 e. The van der Waals surface area contributed by atoms with Crippen molar-refractivity contribution in [3.63, 3.8) is 0 Å². The van der Waals surface area contributed by atoms with Crippen molar-refractivity contribution >= 4 is 23.1 Å². The number of hydrogen-bond donors (Lipinski definition) is 0. The van der Waals surface area contributed by atoms with Gasteiger partial charge in [-0.25, -0.2) is 4.79 Å². The summed E-state index contributed by atoms with van der Waals surface area (Å²) in [7, 11) is 1.92. The van der Waals surface area contributed by atoms with Crippen LogP contribution in [0.1, 0.15) is 18.1 Å². The van der Waals surface area contributed by atoms with E-state index in [-0.39, 0.29) is 5.97 Å². The van der Waals surface area contributed by atoms with Crippen molar-refractivity contribution in [1.29, 1.82) is 0 Å². The van der Waals surface area contributed by atoms with Gasteiger partial charge in [-0.3, -0.25) is 0 Å². The third-order valence-electron chi connectivity index (χ3n) is 5.50. The Bertz CT molecular complexity index is 1200. The molecule has 0 bridgehead atoms. The van der Waals surface area contributed by atoms with E-state index in [2.05, 4.69) is 4.98 Å². The predicted molar refractivity (Wildman–Crippen MR) is 135 cm³/mol. The average molecular weight is 475 g/mol. The second kappa shape index (κ2) is 11.4. The van der Waals surface area contributed by atoms with E-state index in [1.54, 1.807) is 6.92 Å². The molecule has 3 aromatic carbocycles. The summed E-state index contributed by atoms with van der Waals surface area (Å²) in [5, 5.41) is 0. The molecule has 0 radical (unpaired) electrons. The number of esters is 1. The molecule has 7 heteroatoms. The Kier molecular flexibility index (Phi) is 7.88. The van der Waals surface area contributed by atoms with E-state index in [1.165, 1.54) is 0 Å². The van der Waals surface area contributed by atoms with Crippen LogP contribution in [-0.2, 0) is 16.0 Å². The molecule has 0 spiro atoms. The number of oxazole rings is 1. The quantitative estimate of drug-likeness (QED) is 0.277. The van der Waals surface area contributed by atoms with Gasteiger partial charge in [0.1, 0.15) is 23.6 Å². The summed E-state index contributed by atoms with van der Waals surface area (Å²) >= 11 is 0. The second-order valence-electron chi connectivity index (χ2n) is 8.25. The largest absolute Gasteiger partial charge is 0.492 e. The molecule has 4 rings (SSSR count). The van der Waals surface area contributed by atoms with Crippen molar-refractivity contribution in [2.75, 3.05) is 31.7 Å². The topological polar surface area (TPSA) is 74.0 Å². The van der Waals surface area contributed by atoms with Gasteiger partial charge in [0, 0.05) is 13.5 Å². The first kappa shape index (κ1) is 24.1. The molecule has 1 aromatic heterocycles. The van der Waals surface area contributed by atoms with Crippen molar-refractivity contribution in [2.45, 2.75) is 26.4 Å². The Labute approximate surface area is 205 Å². The van der Waals surface area contributed by atoms with Crippen LogP contribution in [0.2, 0.25) is 0 Å². The lowest BCUT2D eigenvalue weighted by molar-refractivity contribution is -0.151. The molecular formula is C28H30N2O5. The van der Waals surface area contributed by atoms with Gasteiger partial charge in [-0.05, 0) is 55.8 Å². The van der Waals surface area contributed by atoms with Gasteiger partial charge in [-0.2, -0.15) is 4.98 Å².